The van der Waals surface area contributed by atoms with Crippen molar-refractivity contribution in [3.05, 3.63) is 35.9 Å². The van der Waals surface area contributed by atoms with Crippen LogP contribution >= 0.6 is 8.25 Å². The van der Waals surface area contributed by atoms with Gasteiger partial charge in [-0.3, -0.25) is 4.57 Å². The number of hydrogen-bond donors (Lipinski definition) is 1. The van der Waals surface area contributed by atoms with Crippen molar-refractivity contribution in [2.75, 3.05) is 0 Å². The highest BCUT2D eigenvalue weighted by Gasteiger charge is 1.95. The molecule has 0 bridgehead atoms. The minimum absolute atomic E-state index is 0.204. The van der Waals surface area contributed by atoms with Gasteiger partial charge in [0.05, 0.1) is 6.61 Å². The molecule has 0 fully saturated rings. The first-order chi connectivity index (χ1) is 7.93. The van der Waals surface area contributed by atoms with E-state index in [0.717, 1.165) is 17.4 Å². The smallest absolute Gasteiger partial charge is 0.316 e. The van der Waals surface area contributed by atoms with E-state index in [1.807, 2.05) is 30.3 Å². The Labute approximate surface area is 105 Å². The standard InChI is InChI=1S/C7H9O3P.C6H14/c8-11(9)10-6-7-4-2-1-3-5-7;1-5(2)6(3)4/h1-5,11H,6H2,(H,8,9);5-6H,1-4H3. The first-order valence-electron chi connectivity index (χ1n) is 5.83. The molecule has 3 nitrogen and oxygen atoms in total. The van der Waals surface area contributed by atoms with Crippen LogP contribution in [0.1, 0.15) is 33.3 Å². The van der Waals surface area contributed by atoms with Crippen LogP contribution in [0.3, 0.4) is 0 Å². The molecule has 0 spiro atoms. The highest BCUT2D eigenvalue weighted by molar-refractivity contribution is 7.32. The molecule has 1 aromatic rings. The normalized spacial score (nSPS) is 12.2. The van der Waals surface area contributed by atoms with Crippen molar-refractivity contribution in [3.8, 4) is 0 Å². The van der Waals surface area contributed by atoms with Crippen molar-refractivity contribution in [3.63, 3.8) is 0 Å². The summed E-state index contributed by atoms with van der Waals surface area (Å²) < 4.78 is 14.7. The van der Waals surface area contributed by atoms with Crippen molar-refractivity contribution in [1.29, 1.82) is 0 Å². The van der Waals surface area contributed by atoms with Gasteiger partial charge in [0.1, 0.15) is 0 Å². The van der Waals surface area contributed by atoms with Crippen molar-refractivity contribution in [2.24, 2.45) is 11.8 Å². The SMILES string of the molecule is CC(C)C(C)C.O=[PH](O)OCc1ccccc1. The molecular weight excluding hydrogens is 235 g/mol. The Hall–Kier alpha value is -0.630. The third kappa shape index (κ3) is 10.3. The summed E-state index contributed by atoms with van der Waals surface area (Å²) >= 11 is 0. The summed E-state index contributed by atoms with van der Waals surface area (Å²) in [5, 5.41) is 0. The van der Waals surface area contributed by atoms with Gasteiger partial charge in [0.15, 0.2) is 0 Å². The molecule has 0 aromatic heterocycles. The quantitative estimate of drug-likeness (QED) is 0.833. The number of hydrogen-bond acceptors (Lipinski definition) is 2. The molecule has 1 N–H and O–H groups in total. The average molecular weight is 258 g/mol. The van der Waals surface area contributed by atoms with Gasteiger partial charge in [-0.15, -0.1) is 0 Å². The minimum Gasteiger partial charge on any atom is -0.326 e. The van der Waals surface area contributed by atoms with Crippen LogP contribution in [0.2, 0.25) is 0 Å². The van der Waals surface area contributed by atoms with E-state index in [1.165, 1.54) is 0 Å². The summed E-state index contributed by atoms with van der Waals surface area (Å²) in [5.74, 6) is 1.70. The zero-order chi connectivity index (χ0) is 13.3. The zero-order valence-electron chi connectivity index (χ0n) is 11.0. The molecule has 17 heavy (non-hydrogen) atoms. The summed E-state index contributed by atoms with van der Waals surface area (Å²) in [4.78, 5) is 8.34. The predicted molar refractivity (Wildman–Crippen MR) is 72.1 cm³/mol. The number of rotatable bonds is 4. The lowest BCUT2D eigenvalue weighted by atomic mass is 10.0. The lowest BCUT2D eigenvalue weighted by molar-refractivity contribution is 0.272. The van der Waals surface area contributed by atoms with Gasteiger partial charge >= 0.3 is 8.25 Å². The van der Waals surface area contributed by atoms with Crippen molar-refractivity contribution < 1.29 is 14.0 Å². The van der Waals surface area contributed by atoms with Gasteiger partial charge in [0.25, 0.3) is 0 Å². The van der Waals surface area contributed by atoms with Crippen LogP contribution in [-0.2, 0) is 15.7 Å². The van der Waals surface area contributed by atoms with E-state index in [-0.39, 0.29) is 6.61 Å². The number of benzene rings is 1. The van der Waals surface area contributed by atoms with Crippen molar-refractivity contribution in [1.82, 2.24) is 0 Å². The molecular formula is C13H23O3P. The molecule has 0 saturated heterocycles. The molecule has 0 aliphatic carbocycles. The van der Waals surface area contributed by atoms with Gasteiger partial charge in [0.2, 0.25) is 0 Å². The van der Waals surface area contributed by atoms with Gasteiger partial charge in [-0.2, -0.15) is 0 Å². The lowest BCUT2D eigenvalue weighted by Crippen LogP contribution is -1.95. The van der Waals surface area contributed by atoms with Crippen LogP contribution in [0, 0.1) is 11.8 Å². The average Bonchev–Trinajstić information content (AvgIpc) is 2.28. The molecule has 0 aliphatic heterocycles. The Morgan fingerprint density at radius 1 is 1.12 bits per heavy atom. The summed E-state index contributed by atoms with van der Waals surface area (Å²) in [7, 11) is -2.78. The topological polar surface area (TPSA) is 46.5 Å². The summed E-state index contributed by atoms with van der Waals surface area (Å²) in [6.07, 6.45) is 0. The maximum absolute atomic E-state index is 10.1. The van der Waals surface area contributed by atoms with Crippen LogP contribution in [0.15, 0.2) is 30.3 Å². The van der Waals surface area contributed by atoms with E-state index in [0.29, 0.717) is 0 Å². The molecule has 4 heteroatoms. The van der Waals surface area contributed by atoms with Crippen molar-refractivity contribution in [2.45, 2.75) is 34.3 Å². The Morgan fingerprint density at radius 3 is 1.94 bits per heavy atom. The molecule has 0 heterocycles. The first-order valence-corrected chi connectivity index (χ1v) is 7.09. The summed E-state index contributed by atoms with van der Waals surface area (Å²) in [6, 6.07) is 9.27. The highest BCUT2D eigenvalue weighted by Crippen LogP contribution is 2.17. The van der Waals surface area contributed by atoms with E-state index in [2.05, 4.69) is 32.2 Å². The van der Waals surface area contributed by atoms with Gasteiger partial charge in [-0.1, -0.05) is 58.0 Å². The van der Waals surface area contributed by atoms with Crippen LogP contribution in [0.5, 0.6) is 0 Å². The molecule has 0 aliphatic rings. The van der Waals surface area contributed by atoms with Crippen LogP contribution in [0.4, 0.5) is 0 Å². The van der Waals surface area contributed by atoms with Gasteiger partial charge in [-0.25, -0.2) is 0 Å². The zero-order valence-corrected chi connectivity index (χ0v) is 12.0. The van der Waals surface area contributed by atoms with E-state index in [1.54, 1.807) is 0 Å². The second-order valence-corrected chi connectivity index (χ2v) is 5.35. The van der Waals surface area contributed by atoms with Crippen LogP contribution < -0.4 is 0 Å². The minimum atomic E-state index is -2.78. The molecule has 0 saturated carbocycles. The fourth-order valence-electron chi connectivity index (χ4n) is 0.719. The third-order valence-corrected chi connectivity index (χ3v) is 2.93. The van der Waals surface area contributed by atoms with Gasteiger partial charge in [-0.05, 0) is 17.4 Å². The van der Waals surface area contributed by atoms with E-state index in [4.69, 9.17) is 4.89 Å². The van der Waals surface area contributed by atoms with Gasteiger partial charge in [0, 0.05) is 0 Å². The molecule has 0 amide bonds. The Bertz CT molecular complexity index is 304. The molecule has 98 valence electrons. The van der Waals surface area contributed by atoms with Crippen LogP contribution in [0.25, 0.3) is 0 Å². The van der Waals surface area contributed by atoms with Crippen molar-refractivity contribution >= 4 is 8.25 Å². The Balaban J connectivity index is 0.000000366. The maximum Gasteiger partial charge on any atom is 0.316 e. The van der Waals surface area contributed by atoms with E-state index >= 15 is 0 Å². The van der Waals surface area contributed by atoms with Gasteiger partial charge < -0.3 is 9.42 Å². The largest absolute Gasteiger partial charge is 0.326 e. The lowest BCUT2D eigenvalue weighted by Gasteiger charge is -2.05. The fourth-order valence-corrected chi connectivity index (χ4v) is 1.01. The summed E-state index contributed by atoms with van der Waals surface area (Å²) in [5.41, 5.74) is 0.903. The Morgan fingerprint density at radius 2 is 1.59 bits per heavy atom. The highest BCUT2D eigenvalue weighted by atomic mass is 31.1. The first kappa shape index (κ1) is 16.4. The predicted octanol–water partition coefficient (Wildman–Crippen LogP) is 3.88. The van der Waals surface area contributed by atoms with Crippen LogP contribution in [-0.4, -0.2) is 4.89 Å². The van der Waals surface area contributed by atoms with E-state index in [9.17, 15) is 4.57 Å². The maximum atomic E-state index is 10.1. The second kappa shape index (κ2) is 9.41. The molecule has 1 aromatic carbocycles. The molecule has 1 atom stereocenters. The monoisotopic (exact) mass is 258 g/mol. The van der Waals surface area contributed by atoms with E-state index < -0.39 is 8.25 Å². The Kier molecular flexibility index (Phi) is 9.06. The molecule has 0 radical (unpaired) electrons. The molecule has 1 unspecified atom stereocenters. The summed E-state index contributed by atoms with van der Waals surface area (Å²) in [6.45, 7) is 9.17. The molecule has 1 rings (SSSR count). The third-order valence-electron chi connectivity index (χ3n) is 2.54. The second-order valence-electron chi connectivity index (χ2n) is 4.53. The fraction of sp³-hybridized carbons (Fsp3) is 0.538.